The minimum absolute atomic E-state index is 0.133. The standard InChI is InChI=1S/C12H17N3O3S/c1-18-12(17)9(5-7-19-2)15-11(16)8-4-3-6-14-10(8)13/h3-4,6,9H,5,7H2,1-2H3,(H2,13,14)(H,15,16). The van der Waals surface area contributed by atoms with E-state index in [9.17, 15) is 9.59 Å². The number of ether oxygens (including phenoxy) is 1. The van der Waals surface area contributed by atoms with E-state index < -0.39 is 17.9 Å². The highest BCUT2D eigenvalue weighted by atomic mass is 32.2. The number of nitrogen functional groups attached to an aromatic ring is 1. The molecule has 0 aliphatic heterocycles. The van der Waals surface area contributed by atoms with Crippen LogP contribution >= 0.6 is 11.8 Å². The fraction of sp³-hybridized carbons (Fsp3) is 0.417. The summed E-state index contributed by atoms with van der Waals surface area (Å²) >= 11 is 1.59. The van der Waals surface area contributed by atoms with Gasteiger partial charge >= 0.3 is 5.97 Å². The number of carbonyl (C=O) groups excluding carboxylic acids is 2. The molecule has 1 aromatic rings. The van der Waals surface area contributed by atoms with Gasteiger partial charge < -0.3 is 15.8 Å². The molecule has 7 heteroatoms. The Labute approximate surface area is 116 Å². The molecule has 0 bridgehead atoms. The van der Waals surface area contributed by atoms with Crippen LogP contribution in [0.15, 0.2) is 18.3 Å². The van der Waals surface area contributed by atoms with E-state index in [0.29, 0.717) is 6.42 Å². The summed E-state index contributed by atoms with van der Waals surface area (Å²) in [5.74, 6) is -0.0248. The van der Waals surface area contributed by atoms with E-state index in [-0.39, 0.29) is 11.4 Å². The Morgan fingerprint density at radius 1 is 1.58 bits per heavy atom. The second-order valence-corrected chi connectivity index (χ2v) is 4.75. The number of nitrogens with one attached hydrogen (secondary N) is 1. The van der Waals surface area contributed by atoms with Crippen molar-refractivity contribution in [1.82, 2.24) is 10.3 Å². The first kappa shape index (κ1) is 15.3. The summed E-state index contributed by atoms with van der Waals surface area (Å²) in [4.78, 5) is 27.4. The van der Waals surface area contributed by atoms with Crippen molar-refractivity contribution in [2.45, 2.75) is 12.5 Å². The number of anilines is 1. The van der Waals surface area contributed by atoms with Crippen molar-refractivity contribution in [3.8, 4) is 0 Å². The lowest BCUT2D eigenvalue weighted by molar-refractivity contribution is -0.142. The van der Waals surface area contributed by atoms with Crippen LogP contribution in [-0.2, 0) is 9.53 Å². The number of hydrogen-bond donors (Lipinski definition) is 2. The first-order valence-electron chi connectivity index (χ1n) is 5.68. The van der Waals surface area contributed by atoms with Crippen LogP contribution < -0.4 is 11.1 Å². The minimum Gasteiger partial charge on any atom is -0.467 e. The fourth-order valence-corrected chi connectivity index (χ4v) is 1.94. The second-order valence-electron chi connectivity index (χ2n) is 3.77. The van der Waals surface area contributed by atoms with Crippen LogP contribution in [-0.4, -0.2) is 42.0 Å². The van der Waals surface area contributed by atoms with E-state index in [2.05, 4.69) is 15.0 Å². The summed E-state index contributed by atoms with van der Waals surface area (Å²) in [6, 6.07) is 2.49. The summed E-state index contributed by atoms with van der Waals surface area (Å²) in [5.41, 5.74) is 5.86. The maximum atomic E-state index is 12.0. The molecule has 6 nitrogen and oxygen atoms in total. The van der Waals surface area contributed by atoms with Crippen LogP contribution in [0.25, 0.3) is 0 Å². The molecule has 0 saturated heterocycles. The molecule has 1 unspecified atom stereocenters. The lowest BCUT2D eigenvalue weighted by atomic mass is 10.2. The Bertz CT molecular complexity index is 454. The van der Waals surface area contributed by atoms with E-state index in [1.807, 2.05) is 6.26 Å². The molecule has 0 radical (unpaired) electrons. The molecule has 1 heterocycles. The number of esters is 1. The molecular weight excluding hydrogens is 266 g/mol. The highest BCUT2D eigenvalue weighted by Crippen LogP contribution is 2.09. The Balaban J connectivity index is 2.76. The molecule has 1 aromatic heterocycles. The largest absolute Gasteiger partial charge is 0.467 e. The van der Waals surface area contributed by atoms with Crippen molar-refractivity contribution in [3.05, 3.63) is 23.9 Å². The van der Waals surface area contributed by atoms with Crippen molar-refractivity contribution in [1.29, 1.82) is 0 Å². The van der Waals surface area contributed by atoms with Crippen LogP contribution in [0.3, 0.4) is 0 Å². The van der Waals surface area contributed by atoms with E-state index in [0.717, 1.165) is 5.75 Å². The predicted molar refractivity (Wildman–Crippen MR) is 74.9 cm³/mol. The third-order valence-corrected chi connectivity index (χ3v) is 3.13. The molecule has 0 saturated carbocycles. The average molecular weight is 283 g/mol. The summed E-state index contributed by atoms with van der Waals surface area (Å²) in [6.07, 6.45) is 3.92. The number of aromatic nitrogens is 1. The highest BCUT2D eigenvalue weighted by Gasteiger charge is 2.22. The molecular formula is C12H17N3O3S. The minimum atomic E-state index is -0.676. The number of carbonyl (C=O) groups is 2. The number of methoxy groups -OCH3 is 1. The maximum Gasteiger partial charge on any atom is 0.328 e. The number of thioether (sulfide) groups is 1. The van der Waals surface area contributed by atoms with Crippen LogP contribution in [0.5, 0.6) is 0 Å². The SMILES string of the molecule is COC(=O)C(CCSC)NC(=O)c1cccnc1N. The summed E-state index contributed by atoms with van der Waals surface area (Å²) in [7, 11) is 1.29. The van der Waals surface area contributed by atoms with Gasteiger partial charge in [0.05, 0.1) is 12.7 Å². The van der Waals surface area contributed by atoms with Gasteiger partial charge in [-0.3, -0.25) is 4.79 Å². The third-order valence-electron chi connectivity index (χ3n) is 2.48. The van der Waals surface area contributed by atoms with E-state index in [1.165, 1.54) is 13.3 Å². The first-order valence-corrected chi connectivity index (χ1v) is 7.07. The van der Waals surface area contributed by atoms with Gasteiger partial charge in [0.25, 0.3) is 5.91 Å². The molecule has 3 N–H and O–H groups in total. The molecule has 104 valence electrons. The molecule has 0 fully saturated rings. The molecule has 19 heavy (non-hydrogen) atoms. The Kier molecular flexibility index (Phi) is 6.14. The number of hydrogen-bond acceptors (Lipinski definition) is 6. The topological polar surface area (TPSA) is 94.3 Å². The van der Waals surface area contributed by atoms with Crippen molar-refractivity contribution in [3.63, 3.8) is 0 Å². The average Bonchev–Trinajstić information content (AvgIpc) is 2.42. The van der Waals surface area contributed by atoms with Gasteiger partial charge in [-0.15, -0.1) is 0 Å². The second kappa shape index (κ2) is 7.63. The van der Waals surface area contributed by atoms with Crippen molar-refractivity contribution in [2.75, 3.05) is 24.9 Å². The van der Waals surface area contributed by atoms with Crippen molar-refractivity contribution < 1.29 is 14.3 Å². The summed E-state index contributed by atoms with van der Waals surface area (Å²) < 4.78 is 4.67. The Morgan fingerprint density at radius 2 is 2.32 bits per heavy atom. The van der Waals surface area contributed by atoms with E-state index >= 15 is 0 Å². The fourth-order valence-electron chi connectivity index (χ4n) is 1.47. The molecule has 0 aliphatic rings. The van der Waals surface area contributed by atoms with Gasteiger partial charge in [0.15, 0.2) is 0 Å². The quantitative estimate of drug-likeness (QED) is 0.746. The van der Waals surface area contributed by atoms with Gasteiger partial charge in [-0.25, -0.2) is 9.78 Å². The summed E-state index contributed by atoms with van der Waals surface area (Å²) in [6.45, 7) is 0. The lowest BCUT2D eigenvalue weighted by Crippen LogP contribution is -2.42. The Morgan fingerprint density at radius 3 is 2.89 bits per heavy atom. The number of amides is 1. The third kappa shape index (κ3) is 4.44. The highest BCUT2D eigenvalue weighted by molar-refractivity contribution is 7.98. The predicted octanol–water partition coefficient (Wildman–Crippen LogP) is 0.688. The smallest absolute Gasteiger partial charge is 0.328 e. The monoisotopic (exact) mass is 283 g/mol. The summed E-state index contributed by atoms with van der Waals surface area (Å²) in [5, 5.41) is 2.61. The molecule has 0 spiro atoms. The maximum absolute atomic E-state index is 12.0. The molecule has 0 aliphatic carbocycles. The zero-order valence-electron chi connectivity index (χ0n) is 10.9. The van der Waals surface area contributed by atoms with Gasteiger partial charge in [0.2, 0.25) is 0 Å². The normalized spacial score (nSPS) is 11.7. The Hall–Kier alpha value is -1.76. The molecule has 1 rings (SSSR count). The van der Waals surface area contributed by atoms with E-state index in [4.69, 9.17) is 5.73 Å². The van der Waals surface area contributed by atoms with Gasteiger partial charge in [-0.1, -0.05) is 0 Å². The number of rotatable bonds is 6. The molecule has 1 atom stereocenters. The molecule has 0 aromatic carbocycles. The first-order chi connectivity index (χ1) is 9.10. The van der Waals surface area contributed by atoms with Crippen LogP contribution in [0.4, 0.5) is 5.82 Å². The van der Waals surface area contributed by atoms with Crippen LogP contribution in [0.1, 0.15) is 16.8 Å². The zero-order chi connectivity index (χ0) is 14.3. The van der Waals surface area contributed by atoms with E-state index in [1.54, 1.807) is 23.9 Å². The van der Waals surface area contributed by atoms with Gasteiger partial charge in [-0.05, 0) is 30.6 Å². The van der Waals surface area contributed by atoms with Gasteiger partial charge in [0, 0.05) is 6.20 Å². The number of pyridine rings is 1. The van der Waals surface area contributed by atoms with Gasteiger partial charge in [0.1, 0.15) is 11.9 Å². The number of nitrogens with zero attached hydrogens (tertiary/aromatic N) is 1. The molecule has 1 amide bonds. The van der Waals surface area contributed by atoms with Crippen LogP contribution in [0.2, 0.25) is 0 Å². The van der Waals surface area contributed by atoms with Gasteiger partial charge in [-0.2, -0.15) is 11.8 Å². The zero-order valence-corrected chi connectivity index (χ0v) is 11.7. The van der Waals surface area contributed by atoms with Crippen LogP contribution in [0, 0.1) is 0 Å². The van der Waals surface area contributed by atoms with Crippen molar-refractivity contribution in [2.24, 2.45) is 0 Å². The lowest BCUT2D eigenvalue weighted by Gasteiger charge is -2.16. The number of nitrogens with two attached hydrogens (primary N) is 1. The van der Waals surface area contributed by atoms with Crippen molar-refractivity contribution >= 4 is 29.5 Å².